The molecular formula is C15H14Cl2N2O2. The molecule has 0 radical (unpaired) electrons. The van der Waals surface area contributed by atoms with Gasteiger partial charge in [0.1, 0.15) is 0 Å². The number of amides is 1. The lowest BCUT2D eigenvalue weighted by molar-refractivity contribution is -0.115. The maximum atomic E-state index is 12.1. The van der Waals surface area contributed by atoms with E-state index < -0.39 is 0 Å². The van der Waals surface area contributed by atoms with Gasteiger partial charge in [0.2, 0.25) is 5.91 Å². The summed E-state index contributed by atoms with van der Waals surface area (Å²) in [6, 6.07) is 8.09. The summed E-state index contributed by atoms with van der Waals surface area (Å²) in [7, 11) is 0. The molecule has 0 atom stereocenters. The predicted molar refractivity (Wildman–Crippen MR) is 85.2 cm³/mol. The standard InChI is InChI=1S/C15H14Cl2N2O2/c1-2-19-9-10(6-7-15(19)21)18-14(20)8-11-12(16)4-3-5-13(11)17/h3-7,9H,2,8H2,1H3,(H,18,20). The first-order valence-electron chi connectivity index (χ1n) is 6.44. The van der Waals surface area contributed by atoms with Crippen molar-refractivity contribution in [2.24, 2.45) is 0 Å². The fourth-order valence-electron chi connectivity index (χ4n) is 1.92. The second kappa shape index (κ2) is 6.78. The van der Waals surface area contributed by atoms with E-state index in [0.29, 0.717) is 27.8 Å². The average Bonchev–Trinajstić information content (AvgIpc) is 2.45. The molecule has 21 heavy (non-hydrogen) atoms. The minimum Gasteiger partial charge on any atom is -0.324 e. The Labute approximate surface area is 132 Å². The van der Waals surface area contributed by atoms with Gasteiger partial charge in [-0.3, -0.25) is 9.59 Å². The van der Waals surface area contributed by atoms with Crippen molar-refractivity contribution >= 4 is 34.8 Å². The number of hydrogen-bond acceptors (Lipinski definition) is 2. The van der Waals surface area contributed by atoms with Crippen LogP contribution in [0.2, 0.25) is 10.0 Å². The van der Waals surface area contributed by atoms with E-state index in [1.165, 1.54) is 10.6 Å². The zero-order valence-electron chi connectivity index (χ0n) is 11.4. The van der Waals surface area contributed by atoms with Gasteiger partial charge in [0.15, 0.2) is 0 Å². The summed E-state index contributed by atoms with van der Waals surface area (Å²) in [5.41, 5.74) is 1.04. The molecule has 0 fully saturated rings. The molecule has 1 aromatic heterocycles. The Morgan fingerprint density at radius 2 is 1.86 bits per heavy atom. The van der Waals surface area contributed by atoms with Crippen LogP contribution in [0.1, 0.15) is 12.5 Å². The first-order chi connectivity index (χ1) is 10.0. The van der Waals surface area contributed by atoms with Gasteiger partial charge < -0.3 is 9.88 Å². The number of nitrogens with zero attached hydrogens (tertiary/aromatic N) is 1. The fraction of sp³-hybridized carbons (Fsp3) is 0.200. The van der Waals surface area contributed by atoms with Gasteiger partial charge in [-0.1, -0.05) is 29.3 Å². The Morgan fingerprint density at radius 1 is 1.19 bits per heavy atom. The number of nitrogens with one attached hydrogen (secondary N) is 1. The number of carbonyl (C=O) groups is 1. The molecular weight excluding hydrogens is 311 g/mol. The van der Waals surface area contributed by atoms with Gasteiger partial charge in [0, 0.05) is 28.9 Å². The summed E-state index contributed by atoms with van der Waals surface area (Å²) in [4.78, 5) is 23.5. The third kappa shape index (κ3) is 3.86. The van der Waals surface area contributed by atoms with E-state index in [0.717, 1.165) is 0 Å². The van der Waals surface area contributed by atoms with Crippen LogP contribution in [0.3, 0.4) is 0 Å². The zero-order valence-corrected chi connectivity index (χ0v) is 12.9. The number of aromatic nitrogens is 1. The highest BCUT2D eigenvalue weighted by Gasteiger charge is 2.11. The van der Waals surface area contributed by atoms with Crippen LogP contribution in [0.25, 0.3) is 0 Å². The molecule has 0 unspecified atom stereocenters. The van der Waals surface area contributed by atoms with E-state index in [9.17, 15) is 9.59 Å². The molecule has 1 amide bonds. The maximum Gasteiger partial charge on any atom is 0.250 e. The summed E-state index contributed by atoms with van der Waals surface area (Å²) < 4.78 is 1.51. The SMILES string of the molecule is CCn1cc(NC(=O)Cc2c(Cl)cccc2Cl)ccc1=O. The molecule has 0 bridgehead atoms. The van der Waals surface area contributed by atoms with Crippen molar-refractivity contribution in [3.63, 3.8) is 0 Å². The minimum atomic E-state index is -0.244. The van der Waals surface area contributed by atoms with E-state index in [1.807, 2.05) is 6.92 Å². The zero-order chi connectivity index (χ0) is 15.4. The van der Waals surface area contributed by atoms with Crippen LogP contribution in [0.5, 0.6) is 0 Å². The summed E-state index contributed by atoms with van der Waals surface area (Å²) in [6.07, 6.45) is 1.68. The number of carbonyl (C=O) groups excluding carboxylic acids is 1. The van der Waals surface area contributed by atoms with Crippen molar-refractivity contribution in [3.05, 3.63) is 62.5 Å². The van der Waals surface area contributed by atoms with Crippen molar-refractivity contribution in [1.29, 1.82) is 0 Å². The van der Waals surface area contributed by atoms with Crippen LogP contribution in [0, 0.1) is 0 Å². The number of rotatable bonds is 4. The number of halogens is 2. The molecule has 2 rings (SSSR count). The highest BCUT2D eigenvalue weighted by Crippen LogP contribution is 2.24. The molecule has 110 valence electrons. The van der Waals surface area contributed by atoms with Gasteiger partial charge in [-0.15, -0.1) is 0 Å². The number of anilines is 1. The van der Waals surface area contributed by atoms with Gasteiger partial charge in [0.25, 0.3) is 5.56 Å². The topological polar surface area (TPSA) is 51.1 Å². The van der Waals surface area contributed by atoms with Crippen LogP contribution in [0.4, 0.5) is 5.69 Å². The third-order valence-corrected chi connectivity index (χ3v) is 3.72. The van der Waals surface area contributed by atoms with Crippen molar-refractivity contribution in [2.75, 3.05) is 5.32 Å². The lowest BCUT2D eigenvalue weighted by Crippen LogP contribution is -2.20. The van der Waals surface area contributed by atoms with Crippen molar-refractivity contribution in [3.8, 4) is 0 Å². The van der Waals surface area contributed by atoms with Crippen LogP contribution < -0.4 is 10.9 Å². The minimum absolute atomic E-state index is 0.0732. The highest BCUT2D eigenvalue weighted by molar-refractivity contribution is 6.36. The molecule has 0 aliphatic rings. The molecule has 0 aliphatic heterocycles. The summed E-state index contributed by atoms with van der Waals surface area (Å²) in [5, 5.41) is 3.64. The molecule has 0 aliphatic carbocycles. The second-order valence-corrected chi connectivity index (χ2v) is 5.28. The third-order valence-electron chi connectivity index (χ3n) is 3.01. The number of hydrogen-bond donors (Lipinski definition) is 1. The van der Waals surface area contributed by atoms with Gasteiger partial charge in [-0.2, -0.15) is 0 Å². The van der Waals surface area contributed by atoms with Gasteiger partial charge >= 0.3 is 0 Å². The van der Waals surface area contributed by atoms with Crippen molar-refractivity contribution < 1.29 is 4.79 Å². The highest BCUT2D eigenvalue weighted by atomic mass is 35.5. The predicted octanol–water partition coefficient (Wildman–Crippen LogP) is 3.36. The van der Waals surface area contributed by atoms with Crippen molar-refractivity contribution in [1.82, 2.24) is 4.57 Å². The normalized spacial score (nSPS) is 10.4. The first kappa shape index (κ1) is 15.6. The summed E-state index contributed by atoms with van der Waals surface area (Å²) >= 11 is 12.1. The van der Waals surface area contributed by atoms with Crippen LogP contribution in [-0.4, -0.2) is 10.5 Å². The van der Waals surface area contributed by atoms with E-state index >= 15 is 0 Å². The fourth-order valence-corrected chi connectivity index (χ4v) is 2.45. The molecule has 2 aromatic rings. The molecule has 1 aromatic carbocycles. The number of pyridine rings is 1. The Morgan fingerprint density at radius 3 is 2.48 bits per heavy atom. The monoisotopic (exact) mass is 324 g/mol. The maximum absolute atomic E-state index is 12.1. The molecule has 0 saturated carbocycles. The summed E-state index contributed by atoms with van der Waals surface area (Å²) in [6.45, 7) is 2.40. The van der Waals surface area contributed by atoms with Crippen LogP contribution in [0.15, 0.2) is 41.3 Å². The van der Waals surface area contributed by atoms with Crippen LogP contribution in [-0.2, 0) is 17.8 Å². The Hall–Kier alpha value is -1.78. The second-order valence-electron chi connectivity index (χ2n) is 4.47. The number of aryl methyl sites for hydroxylation is 1. The van der Waals surface area contributed by atoms with Gasteiger partial charge in [-0.05, 0) is 30.7 Å². The number of benzene rings is 1. The van der Waals surface area contributed by atoms with Crippen molar-refractivity contribution in [2.45, 2.75) is 19.9 Å². The average molecular weight is 325 g/mol. The Bertz CT molecular complexity index is 706. The van der Waals surface area contributed by atoms with E-state index in [2.05, 4.69) is 5.32 Å². The van der Waals surface area contributed by atoms with E-state index in [-0.39, 0.29) is 17.9 Å². The molecule has 0 saturated heterocycles. The molecule has 1 N–H and O–H groups in total. The smallest absolute Gasteiger partial charge is 0.250 e. The first-order valence-corrected chi connectivity index (χ1v) is 7.20. The lowest BCUT2D eigenvalue weighted by Gasteiger charge is -2.09. The van der Waals surface area contributed by atoms with E-state index in [1.54, 1.807) is 30.5 Å². The Kier molecular flexibility index (Phi) is 5.04. The largest absolute Gasteiger partial charge is 0.324 e. The van der Waals surface area contributed by atoms with Gasteiger partial charge in [-0.25, -0.2) is 0 Å². The Balaban J connectivity index is 2.14. The summed E-state index contributed by atoms with van der Waals surface area (Å²) in [5.74, 6) is -0.244. The molecule has 6 heteroatoms. The lowest BCUT2D eigenvalue weighted by atomic mass is 10.1. The molecule has 0 spiro atoms. The molecule has 1 heterocycles. The van der Waals surface area contributed by atoms with Gasteiger partial charge in [0.05, 0.1) is 12.1 Å². The van der Waals surface area contributed by atoms with E-state index in [4.69, 9.17) is 23.2 Å². The van der Waals surface area contributed by atoms with Crippen LogP contribution >= 0.6 is 23.2 Å². The quantitative estimate of drug-likeness (QED) is 0.937. The molecule has 4 nitrogen and oxygen atoms in total.